The zero-order chi connectivity index (χ0) is 13.5. The van der Waals surface area contributed by atoms with Gasteiger partial charge in [0.1, 0.15) is 0 Å². The van der Waals surface area contributed by atoms with E-state index in [-0.39, 0.29) is 11.9 Å². The lowest BCUT2D eigenvalue weighted by Gasteiger charge is -2.12. The Bertz CT molecular complexity index is 404. The standard InChI is InChI=1S/C14H21NO3/c1-5-10(2)15-14(16)9-11-6-7-12(17-3)13(8-11)18-4/h6-8,10H,5,9H2,1-4H3,(H,15,16)/t10-/m1/s1. The molecule has 1 atom stereocenters. The van der Waals surface area contributed by atoms with Crippen LogP contribution < -0.4 is 14.8 Å². The SMILES string of the molecule is CC[C@@H](C)NC(=O)Cc1ccc(OC)c(OC)c1. The number of hydrogen-bond acceptors (Lipinski definition) is 3. The zero-order valence-electron chi connectivity index (χ0n) is 11.4. The Balaban J connectivity index is 2.70. The number of amides is 1. The fourth-order valence-electron chi connectivity index (χ4n) is 1.60. The second-order valence-electron chi connectivity index (χ2n) is 4.24. The predicted molar refractivity (Wildman–Crippen MR) is 71.1 cm³/mol. The molecule has 4 heteroatoms. The second-order valence-corrected chi connectivity index (χ2v) is 4.24. The van der Waals surface area contributed by atoms with E-state index in [0.717, 1.165) is 12.0 Å². The fourth-order valence-corrected chi connectivity index (χ4v) is 1.60. The van der Waals surface area contributed by atoms with Gasteiger partial charge in [-0.2, -0.15) is 0 Å². The molecule has 4 nitrogen and oxygen atoms in total. The number of nitrogens with one attached hydrogen (secondary N) is 1. The van der Waals surface area contributed by atoms with Gasteiger partial charge in [0, 0.05) is 6.04 Å². The molecule has 0 unspecified atom stereocenters. The Morgan fingerprint density at radius 2 is 1.94 bits per heavy atom. The van der Waals surface area contributed by atoms with Gasteiger partial charge < -0.3 is 14.8 Å². The van der Waals surface area contributed by atoms with Gasteiger partial charge >= 0.3 is 0 Å². The topological polar surface area (TPSA) is 47.6 Å². The van der Waals surface area contributed by atoms with E-state index in [1.54, 1.807) is 14.2 Å². The van der Waals surface area contributed by atoms with Crippen molar-refractivity contribution < 1.29 is 14.3 Å². The van der Waals surface area contributed by atoms with Crippen molar-refractivity contribution >= 4 is 5.91 Å². The van der Waals surface area contributed by atoms with Crippen molar-refractivity contribution in [2.45, 2.75) is 32.7 Å². The second kappa shape index (κ2) is 6.89. The number of hydrogen-bond donors (Lipinski definition) is 1. The summed E-state index contributed by atoms with van der Waals surface area (Å²) in [7, 11) is 3.17. The number of methoxy groups -OCH3 is 2. The van der Waals surface area contributed by atoms with Crippen molar-refractivity contribution in [1.29, 1.82) is 0 Å². The maximum atomic E-state index is 11.8. The Morgan fingerprint density at radius 1 is 1.28 bits per heavy atom. The molecule has 0 spiro atoms. The van der Waals surface area contributed by atoms with Gasteiger partial charge in [-0.15, -0.1) is 0 Å². The van der Waals surface area contributed by atoms with Gasteiger partial charge in [-0.05, 0) is 31.0 Å². The third kappa shape index (κ3) is 3.95. The van der Waals surface area contributed by atoms with Crippen LogP contribution in [0.15, 0.2) is 18.2 Å². The Labute approximate surface area is 108 Å². The summed E-state index contributed by atoms with van der Waals surface area (Å²) in [6.45, 7) is 4.04. The third-order valence-corrected chi connectivity index (χ3v) is 2.83. The molecule has 1 N–H and O–H groups in total. The normalized spacial score (nSPS) is 11.8. The lowest BCUT2D eigenvalue weighted by atomic mass is 10.1. The number of benzene rings is 1. The molecule has 18 heavy (non-hydrogen) atoms. The molecule has 1 rings (SSSR count). The van der Waals surface area contributed by atoms with E-state index in [1.807, 2.05) is 32.0 Å². The third-order valence-electron chi connectivity index (χ3n) is 2.83. The minimum Gasteiger partial charge on any atom is -0.493 e. The molecular formula is C14H21NO3. The molecule has 1 aromatic carbocycles. The Hall–Kier alpha value is -1.71. The van der Waals surface area contributed by atoms with Crippen LogP contribution >= 0.6 is 0 Å². The fraction of sp³-hybridized carbons (Fsp3) is 0.500. The summed E-state index contributed by atoms with van der Waals surface area (Å²) >= 11 is 0. The molecule has 0 bridgehead atoms. The highest BCUT2D eigenvalue weighted by Gasteiger charge is 2.09. The molecule has 0 aromatic heterocycles. The van der Waals surface area contributed by atoms with Crippen LogP contribution in [0.5, 0.6) is 11.5 Å². The number of carbonyl (C=O) groups excluding carboxylic acids is 1. The summed E-state index contributed by atoms with van der Waals surface area (Å²) in [6, 6.07) is 5.72. The summed E-state index contributed by atoms with van der Waals surface area (Å²) in [5.41, 5.74) is 0.911. The maximum absolute atomic E-state index is 11.8. The van der Waals surface area contributed by atoms with Crippen LogP contribution in [-0.4, -0.2) is 26.2 Å². The highest BCUT2D eigenvalue weighted by Crippen LogP contribution is 2.27. The van der Waals surface area contributed by atoms with Crippen LogP contribution in [-0.2, 0) is 11.2 Å². The molecule has 0 fully saturated rings. The van der Waals surface area contributed by atoms with Gasteiger partial charge in [0.15, 0.2) is 11.5 Å². The van der Waals surface area contributed by atoms with Crippen molar-refractivity contribution in [1.82, 2.24) is 5.32 Å². The van der Waals surface area contributed by atoms with Crippen molar-refractivity contribution in [3.05, 3.63) is 23.8 Å². The van der Waals surface area contributed by atoms with E-state index in [4.69, 9.17) is 9.47 Å². The predicted octanol–water partition coefficient (Wildman–Crippen LogP) is 2.16. The van der Waals surface area contributed by atoms with Crippen molar-refractivity contribution in [3.8, 4) is 11.5 Å². The van der Waals surface area contributed by atoms with Gasteiger partial charge in [-0.3, -0.25) is 4.79 Å². The first-order chi connectivity index (χ1) is 8.60. The maximum Gasteiger partial charge on any atom is 0.224 e. The highest BCUT2D eigenvalue weighted by atomic mass is 16.5. The molecule has 100 valence electrons. The molecule has 1 amide bonds. The molecule has 1 aromatic rings. The summed E-state index contributed by atoms with van der Waals surface area (Å²) in [5, 5.41) is 2.93. The van der Waals surface area contributed by atoms with Gasteiger partial charge in [-0.1, -0.05) is 13.0 Å². The van der Waals surface area contributed by atoms with Crippen molar-refractivity contribution in [2.75, 3.05) is 14.2 Å². The van der Waals surface area contributed by atoms with Crippen LogP contribution in [0.1, 0.15) is 25.8 Å². The molecule has 0 aliphatic carbocycles. The lowest BCUT2D eigenvalue weighted by molar-refractivity contribution is -0.121. The highest BCUT2D eigenvalue weighted by molar-refractivity contribution is 5.79. The van der Waals surface area contributed by atoms with E-state index < -0.39 is 0 Å². The average Bonchev–Trinajstić information content (AvgIpc) is 2.38. The van der Waals surface area contributed by atoms with Crippen LogP contribution in [0.3, 0.4) is 0 Å². The van der Waals surface area contributed by atoms with E-state index >= 15 is 0 Å². The molecule has 0 aliphatic heterocycles. The van der Waals surface area contributed by atoms with Crippen LogP contribution in [0.2, 0.25) is 0 Å². The summed E-state index contributed by atoms with van der Waals surface area (Å²) in [6.07, 6.45) is 1.28. The molecule has 0 saturated carbocycles. The van der Waals surface area contributed by atoms with Crippen LogP contribution in [0.25, 0.3) is 0 Å². The Morgan fingerprint density at radius 3 is 2.50 bits per heavy atom. The van der Waals surface area contributed by atoms with Gasteiger partial charge in [0.25, 0.3) is 0 Å². The quantitative estimate of drug-likeness (QED) is 0.842. The molecule has 0 heterocycles. The number of rotatable bonds is 6. The Kier molecular flexibility index (Phi) is 5.49. The van der Waals surface area contributed by atoms with Gasteiger partial charge in [0.2, 0.25) is 5.91 Å². The monoisotopic (exact) mass is 251 g/mol. The summed E-state index contributed by atoms with van der Waals surface area (Å²) in [4.78, 5) is 11.8. The van der Waals surface area contributed by atoms with Crippen LogP contribution in [0, 0.1) is 0 Å². The lowest BCUT2D eigenvalue weighted by Crippen LogP contribution is -2.33. The number of carbonyl (C=O) groups is 1. The molecule has 0 saturated heterocycles. The first-order valence-electron chi connectivity index (χ1n) is 6.11. The molecular weight excluding hydrogens is 230 g/mol. The van der Waals surface area contributed by atoms with Gasteiger partial charge in [-0.25, -0.2) is 0 Å². The molecule has 0 aliphatic rings. The van der Waals surface area contributed by atoms with E-state index in [1.165, 1.54) is 0 Å². The zero-order valence-corrected chi connectivity index (χ0v) is 11.4. The van der Waals surface area contributed by atoms with Crippen molar-refractivity contribution in [2.24, 2.45) is 0 Å². The van der Waals surface area contributed by atoms with E-state index in [0.29, 0.717) is 17.9 Å². The summed E-state index contributed by atoms with van der Waals surface area (Å²) < 4.78 is 10.4. The first kappa shape index (κ1) is 14.4. The minimum atomic E-state index is 0.0246. The average molecular weight is 251 g/mol. The van der Waals surface area contributed by atoms with E-state index in [2.05, 4.69) is 5.32 Å². The van der Waals surface area contributed by atoms with Gasteiger partial charge in [0.05, 0.1) is 20.6 Å². The first-order valence-corrected chi connectivity index (χ1v) is 6.11. The van der Waals surface area contributed by atoms with Crippen molar-refractivity contribution in [3.63, 3.8) is 0 Å². The molecule has 0 radical (unpaired) electrons. The van der Waals surface area contributed by atoms with Crippen LogP contribution in [0.4, 0.5) is 0 Å². The largest absolute Gasteiger partial charge is 0.493 e. The van der Waals surface area contributed by atoms with E-state index in [9.17, 15) is 4.79 Å². The minimum absolute atomic E-state index is 0.0246. The summed E-state index contributed by atoms with van der Waals surface area (Å²) in [5.74, 6) is 1.34. The smallest absolute Gasteiger partial charge is 0.224 e. The number of ether oxygens (including phenoxy) is 2.